The molecule has 1 rings (SSSR count). The van der Waals surface area contributed by atoms with E-state index >= 15 is 0 Å². The molecule has 17 heavy (non-hydrogen) atoms. The fourth-order valence-corrected chi connectivity index (χ4v) is 1.70. The molecule has 0 amide bonds. The number of alkyl halides is 5. The molecule has 0 aliphatic heterocycles. The van der Waals surface area contributed by atoms with E-state index in [4.69, 9.17) is 10.7 Å². The van der Waals surface area contributed by atoms with Crippen LogP contribution in [0.5, 0.6) is 0 Å². The van der Waals surface area contributed by atoms with Gasteiger partial charge in [0.15, 0.2) is 5.03 Å². The third kappa shape index (κ3) is 3.25. The minimum atomic E-state index is -5.05. The number of rotatable bonds is 2. The van der Waals surface area contributed by atoms with Gasteiger partial charge in [0.2, 0.25) is 0 Å². The van der Waals surface area contributed by atoms with E-state index < -0.39 is 37.8 Å². The second-order valence-electron chi connectivity index (χ2n) is 2.85. The summed E-state index contributed by atoms with van der Waals surface area (Å²) in [4.78, 5) is 2.89. The Morgan fingerprint density at radius 1 is 1.29 bits per heavy atom. The summed E-state index contributed by atoms with van der Waals surface area (Å²) in [5.74, 6) is 0. The van der Waals surface area contributed by atoms with Crippen molar-refractivity contribution in [2.75, 3.05) is 0 Å². The molecule has 1 aromatic heterocycles. The van der Waals surface area contributed by atoms with Crippen molar-refractivity contribution >= 4 is 19.7 Å². The molecule has 0 bridgehead atoms. The van der Waals surface area contributed by atoms with Crippen molar-refractivity contribution in [1.29, 1.82) is 0 Å². The van der Waals surface area contributed by atoms with Gasteiger partial charge in [-0.25, -0.2) is 22.2 Å². The van der Waals surface area contributed by atoms with Crippen molar-refractivity contribution in [3.8, 4) is 0 Å². The van der Waals surface area contributed by atoms with Crippen LogP contribution in [-0.2, 0) is 15.2 Å². The topological polar surface area (TPSA) is 47.0 Å². The second kappa shape index (κ2) is 4.37. The number of aromatic nitrogens is 1. The lowest BCUT2D eigenvalue weighted by Crippen LogP contribution is -2.12. The quantitative estimate of drug-likeness (QED) is 0.622. The van der Waals surface area contributed by atoms with Gasteiger partial charge in [0.25, 0.3) is 15.5 Å². The van der Waals surface area contributed by atoms with Crippen LogP contribution in [0.3, 0.4) is 0 Å². The summed E-state index contributed by atoms with van der Waals surface area (Å²) >= 11 is 0. The van der Waals surface area contributed by atoms with E-state index in [2.05, 4.69) is 4.98 Å². The van der Waals surface area contributed by atoms with Crippen molar-refractivity contribution in [2.24, 2.45) is 0 Å². The Morgan fingerprint density at radius 2 is 1.82 bits per heavy atom. The van der Waals surface area contributed by atoms with E-state index in [-0.39, 0.29) is 12.3 Å². The number of pyridine rings is 1. The van der Waals surface area contributed by atoms with Gasteiger partial charge in [-0.2, -0.15) is 13.2 Å². The van der Waals surface area contributed by atoms with E-state index in [9.17, 15) is 30.4 Å². The standard InChI is InChI=1S/C7H3ClF5NO2S/c8-17(15,16)5-1-3(6(9)10)4(2-14-5)7(11,12)13/h1-2,6H. The molecule has 0 N–H and O–H groups in total. The molecule has 1 heterocycles. The van der Waals surface area contributed by atoms with Gasteiger partial charge in [-0.05, 0) is 6.07 Å². The highest BCUT2D eigenvalue weighted by atomic mass is 35.7. The van der Waals surface area contributed by atoms with Crippen LogP contribution in [0.1, 0.15) is 17.6 Å². The average molecular weight is 296 g/mol. The largest absolute Gasteiger partial charge is 0.418 e. The van der Waals surface area contributed by atoms with Gasteiger partial charge in [0, 0.05) is 22.4 Å². The zero-order chi connectivity index (χ0) is 13.4. The lowest BCUT2D eigenvalue weighted by atomic mass is 10.1. The molecule has 0 aliphatic rings. The first-order chi connectivity index (χ1) is 7.53. The number of hydrogen-bond acceptors (Lipinski definition) is 3. The Labute approximate surface area is 96.6 Å². The van der Waals surface area contributed by atoms with Gasteiger partial charge in [-0.1, -0.05) is 0 Å². The molecule has 0 aliphatic carbocycles. The van der Waals surface area contributed by atoms with Crippen LogP contribution in [0.15, 0.2) is 17.3 Å². The normalized spacial score (nSPS) is 13.1. The van der Waals surface area contributed by atoms with Crippen LogP contribution in [0.4, 0.5) is 22.0 Å². The third-order valence-electron chi connectivity index (χ3n) is 1.70. The van der Waals surface area contributed by atoms with Crippen molar-refractivity contribution in [3.05, 3.63) is 23.4 Å². The zero-order valence-electron chi connectivity index (χ0n) is 7.67. The second-order valence-corrected chi connectivity index (χ2v) is 5.36. The SMILES string of the molecule is O=S(=O)(Cl)c1cc(C(F)F)c(C(F)(F)F)cn1. The van der Waals surface area contributed by atoms with E-state index in [1.807, 2.05) is 0 Å². The first kappa shape index (κ1) is 14.1. The van der Waals surface area contributed by atoms with Crippen LogP contribution in [0.25, 0.3) is 0 Å². The van der Waals surface area contributed by atoms with E-state index in [0.717, 1.165) is 0 Å². The lowest BCUT2D eigenvalue weighted by Gasteiger charge is -2.12. The minimum absolute atomic E-state index is 0.0107. The molecule has 0 spiro atoms. The van der Waals surface area contributed by atoms with Gasteiger partial charge < -0.3 is 0 Å². The van der Waals surface area contributed by atoms with Crippen LogP contribution in [0, 0.1) is 0 Å². The Hall–Kier alpha value is -0.960. The van der Waals surface area contributed by atoms with Crippen molar-refractivity contribution < 1.29 is 30.4 Å². The smallest absolute Gasteiger partial charge is 0.243 e. The Balaban J connectivity index is 3.49. The fraction of sp³-hybridized carbons (Fsp3) is 0.286. The molecule has 10 heteroatoms. The molecule has 96 valence electrons. The predicted molar refractivity (Wildman–Crippen MR) is 47.2 cm³/mol. The van der Waals surface area contributed by atoms with Crippen LogP contribution in [-0.4, -0.2) is 13.4 Å². The third-order valence-corrected chi connectivity index (χ3v) is 2.90. The maximum atomic E-state index is 12.4. The van der Waals surface area contributed by atoms with Gasteiger partial charge in [0.1, 0.15) is 0 Å². The fourth-order valence-electron chi connectivity index (χ4n) is 1.00. The summed E-state index contributed by atoms with van der Waals surface area (Å²) in [7, 11) is 0.325. The highest BCUT2D eigenvalue weighted by molar-refractivity contribution is 8.13. The molecular formula is C7H3ClF5NO2S. The Bertz CT molecular complexity index is 528. The van der Waals surface area contributed by atoms with Crippen molar-refractivity contribution in [1.82, 2.24) is 4.98 Å². The van der Waals surface area contributed by atoms with Gasteiger partial charge in [0.05, 0.1) is 5.56 Å². The maximum absolute atomic E-state index is 12.4. The zero-order valence-corrected chi connectivity index (χ0v) is 9.24. The molecule has 0 aromatic carbocycles. The molecule has 0 atom stereocenters. The average Bonchev–Trinajstić information content (AvgIpc) is 2.14. The first-order valence-corrected chi connectivity index (χ1v) is 6.14. The van der Waals surface area contributed by atoms with Crippen LogP contribution < -0.4 is 0 Å². The molecule has 0 fully saturated rings. The Kier molecular flexibility index (Phi) is 3.63. The van der Waals surface area contributed by atoms with Crippen molar-refractivity contribution in [2.45, 2.75) is 17.6 Å². The maximum Gasteiger partial charge on any atom is 0.418 e. The van der Waals surface area contributed by atoms with Crippen molar-refractivity contribution in [3.63, 3.8) is 0 Å². The number of halogens is 6. The molecule has 0 saturated carbocycles. The summed E-state index contributed by atoms with van der Waals surface area (Å²) < 4.78 is 83.1. The van der Waals surface area contributed by atoms with Crippen LogP contribution >= 0.6 is 10.7 Å². The number of nitrogens with zero attached hydrogens (tertiary/aromatic N) is 1. The molecule has 0 unspecified atom stereocenters. The highest BCUT2D eigenvalue weighted by Crippen LogP contribution is 2.36. The van der Waals surface area contributed by atoms with Gasteiger partial charge >= 0.3 is 6.18 Å². The minimum Gasteiger partial charge on any atom is -0.243 e. The Morgan fingerprint density at radius 3 is 2.18 bits per heavy atom. The molecular weight excluding hydrogens is 293 g/mol. The predicted octanol–water partition coefficient (Wildman–Crippen LogP) is 2.97. The summed E-state index contributed by atoms with van der Waals surface area (Å²) in [6.07, 6.45) is -8.53. The van der Waals surface area contributed by atoms with E-state index in [1.165, 1.54) is 0 Å². The summed E-state index contributed by atoms with van der Waals surface area (Å²) in [5, 5.41) is -1.05. The summed E-state index contributed by atoms with van der Waals surface area (Å²) in [6.45, 7) is 0. The number of hydrogen-bond donors (Lipinski definition) is 0. The first-order valence-electron chi connectivity index (χ1n) is 3.83. The lowest BCUT2D eigenvalue weighted by molar-refractivity contribution is -0.139. The summed E-state index contributed by atoms with van der Waals surface area (Å²) in [6, 6.07) is 0.107. The molecule has 0 radical (unpaired) electrons. The monoisotopic (exact) mass is 295 g/mol. The molecule has 0 saturated heterocycles. The van der Waals surface area contributed by atoms with Crippen LogP contribution in [0.2, 0.25) is 0 Å². The van der Waals surface area contributed by atoms with Gasteiger partial charge in [-0.15, -0.1) is 0 Å². The van der Waals surface area contributed by atoms with E-state index in [1.54, 1.807) is 0 Å². The molecule has 1 aromatic rings. The molecule has 3 nitrogen and oxygen atoms in total. The van der Waals surface area contributed by atoms with E-state index in [0.29, 0.717) is 0 Å². The van der Waals surface area contributed by atoms with Gasteiger partial charge in [-0.3, -0.25) is 0 Å². The highest BCUT2D eigenvalue weighted by Gasteiger charge is 2.37. The summed E-state index contributed by atoms with van der Waals surface area (Å²) in [5.41, 5.74) is -3.18.